The third-order valence-corrected chi connectivity index (χ3v) is 21.8. The van der Waals surface area contributed by atoms with Crippen LogP contribution in [0.4, 0.5) is 22.2 Å². The molecule has 8 heterocycles. The molecule has 6 N–H and O–H groups in total. The van der Waals surface area contributed by atoms with E-state index >= 15 is 0 Å². The number of fused-ring (bicyclic) bond motifs is 3. The molecule has 0 bridgehead atoms. The number of aliphatic hydroxyl groups is 3. The first-order valence-electron chi connectivity index (χ1n) is 37.5. The molecule has 0 spiro atoms. The summed E-state index contributed by atoms with van der Waals surface area (Å²) in [6.45, 7) is 18.2. The third-order valence-electron chi connectivity index (χ3n) is 21.8. The minimum absolute atomic E-state index is 0.162. The van der Waals surface area contributed by atoms with Gasteiger partial charge in [-0.3, -0.25) is 9.80 Å². The molecule has 6 fully saturated rings. The highest BCUT2D eigenvalue weighted by atomic mass is 19.1. The molecule has 0 radical (unpaired) electrons. The van der Waals surface area contributed by atoms with Crippen molar-refractivity contribution in [3.05, 3.63) is 132 Å². The van der Waals surface area contributed by atoms with Crippen molar-refractivity contribution in [2.45, 2.75) is 185 Å². The molecule has 2 saturated heterocycles. The zero-order chi connectivity index (χ0) is 68.2. The zero-order valence-electron chi connectivity index (χ0n) is 59.1. The second-order valence-electron chi connectivity index (χ2n) is 29.3. The van der Waals surface area contributed by atoms with E-state index in [4.69, 9.17) is 19.9 Å². The SMILES string of the molecule is CCCCNc1ncc2c(-c3ccc(CN4CCN(C)CC4)cc3)cn(C3CCC(O)CC3)c2n1.CCCCNc1ncc2c(n1)c(C1CCC(O)CC1)cn2-c1ccc(F)cc1.CN1CCN(Cc2ccc(-c3cn(C4CCC(O)CC4)c4nc(NCCC5CC5)ncc34)cc2)CC1. The van der Waals surface area contributed by atoms with Crippen molar-refractivity contribution >= 4 is 50.9 Å². The number of hydrogen-bond donors (Lipinski definition) is 6. The van der Waals surface area contributed by atoms with Gasteiger partial charge in [0.05, 0.1) is 35.5 Å². The second kappa shape index (κ2) is 33.4. The van der Waals surface area contributed by atoms with Crippen LogP contribution in [-0.2, 0) is 13.1 Å². The van der Waals surface area contributed by atoms with Gasteiger partial charge in [0.15, 0.2) is 0 Å². The number of nitrogens with zero attached hydrogens (tertiary/aromatic N) is 13. The van der Waals surface area contributed by atoms with E-state index in [9.17, 15) is 19.7 Å². The van der Waals surface area contributed by atoms with Crippen molar-refractivity contribution in [1.82, 2.24) is 63.2 Å². The summed E-state index contributed by atoms with van der Waals surface area (Å²) in [5.74, 6) is 3.09. The molecule has 2 aliphatic heterocycles. The molecule has 0 atom stereocenters. The van der Waals surface area contributed by atoms with Gasteiger partial charge in [-0.2, -0.15) is 9.97 Å². The first-order chi connectivity index (χ1) is 48.4. The van der Waals surface area contributed by atoms with Gasteiger partial charge in [-0.25, -0.2) is 24.3 Å². The van der Waals surface area contributed by atoms with Crippen LogP contribution in [0.5, 0.6) is 0 Å². The molecule has 15 rings (SSSR count). The highest BCUT2D eigenvalue weighted by molar-refractivity contribution is 5.95. The Morgan fingerprint density at radius 3 is 1.36 bits per heavy atom. The van der Waals surface area contributed by atoms with Crippen molar-refractivity contribution < 1.29 is 19.7 Å². The molecular formula is C79H107FN16O3. The predicted octanol–water partition coefficient (Wildman–Crippen LogP) is 13.9. The van der Waals surface area contributed by atoms with Crippen molar-refractivity contribution in [2.24, 2.45) is 5.92 Å². The average molecular weight is 1350 g/mol. The summed E-state index contributed by atoms with van der Waals surface area (Å²) in [4.78, 5) is 38.5. The van der Waals surface area contributed by atoms with Gasteiger partial charge < -0.3 is 54.8 Å². The molecular weight excluding hydrogens is 1240 g/mol. The molecule has 19 nitrogen and oxygen atoms in total. The van der Waals surface area contributed by atoms with Crippen LogP contribution in [-0.4, -0.2) is 183 Å². The quantitative estimate of drug-likeness (QED) is 0.0350. The Morgan fingerprint density at radius 1 is 0.475 bits per heavy atom. The van der Waals surface area contributed by atoms with E-state index in [1.54, 1.807) is 12.1 Å². The average Bonchev–Trinajstić information content (AvgIpc) is 1.64. The fourth-order valence-corrected chi connectivity index (χ4v) is 15.2. The maximum Gasteiger partial charge on any atom is 0.224 e. The molecule has 3 aromatic carbocycles. The van der Waals surface area contributed by atoms with E-state index in [0.717, 1.165) is 238 Å². The normalized spacial score (nSPS) is 22.1. The van der Waals surface area contributed by atoms with Crippen LogP contribution in [0.3, 0.4) is 0 Å². The fraction of sp³-hybridized carbons (Fsp3) is 0.544. The summed E-state index contributed by atoms with van der Waals surface area (Å²) in [6.07, 6.45) is 31.3. The van der Waals surface area contributed by atoms with E-state index in [1.165, 1.54) is 70.3 Å². The minimum atomic E-state index is -0.250. The van der Waals surface area contributed by atoms with Crippen molar-refractivity contribution in [1.29, 1.82) is 0 Å². The van der Waals surface area contributed by atoms with Crippen molar-refractivity contribution in [2.75, 3.05) is 102 Å². The molecule has 4 saturated carbocycles. The highest BCUT2D eigenvalue weighted by Crippen LogP contribution is 2.41. The minimum Gasteiger partial charge on any atom is -0.393 e. The number of hydrogen-bond acceptors (Lipinski definition) is 16. The lowest BCUT2D eigenvalue weighted by Gasteiger charge is -2.32. The lowest BCUT2D eigenvalue weighted by atomic mass is 9.83. The first-order valence-corrected chi connectivity index (χ1v) is 37.5. The van der Waals surface area contributed by atoms with E-state index in [1.807, 2.05) is 23.2 Å². The summed E-state index contributed by atoms with van der Waals surface area (Å²) in [5.41, 5.74) is 13.5. The molecule has 4 aliphatic carbocycles. The number of aliphatic hydroxyl groups excluding tert-OH is 3. The third kappa shape index (κ3) is 18.0. The van der Waals surface area contributed by atoms with Crippen LogP contribution >= 0.6 is 0 Å². The van der Waals surface area contributed by atoms with Crippen molar-refractivity contribution in [3.63, 3.8) is 0 Å². The molecule has 0 amide bonds. The van der Waals surface area contributed by atoms with Crippen LogP contribution in [0.2, 0.25) is 0 Å². The molecule has 6 aliphatic rings. The Balaban J connectivity index is 0.000000135. The van der Waals surface area contributed by atoms with Gasteiger partial charge in [0, 0.05) is 156 Å². The Hall–Kier alpha value is -7.43. The van der Waals surface area contributed by atoms with Crippen LogP contribution in [0.25, 0.3) is 61.0 Å². The van der Waals surface area contributed by atoms with E-state index in [-0.39, 0.29) is 24.1 Å². The van der Waals surface area contributed by atoms with Gasteiger partial charge in [0.25, 0.3) is 0 Å². The van der Waals surface area contributed by atoms with Crippen LogP contribution in [0.15, 0.2) is 110 Å². The largest absolute Gasteiger partial charge is 0.393 e. The van der Waals surface area contributed by atoms with Gasteiger partial charge in [-0.15, -0.1) is 0 Å². The number of anilines is 3. The van der Waals surface area contributed by atoms with Crippen molar-refractivity contribution in [3.8, 4) is 27.9 Å². The molecule has 99 heavy (non-hydrogen) atoms. The van der Waals surface area contributed by atoms with Gasteiger partial charge in [-0.1, -0.05) is 88.1 Å². The second-order valence-corrected chi connectivity index (χ2v) is 29.3. The van der Waals surface area contributed by atoms with Crippen LogP contribution in [0, 0.1) is 11.7 Å². The Bertz CT molecular complexity index is 4000. The lowest BCUT2D eigenvalue weighted by Crippen LogP contribution is -2.43. The summed E-state index contributed by atoms with van der Waals surface area (Å²) in [6, 6.07) is 25.4. The maximum atomic E-state index is 13.4. The number of unbranched alkanes of at least 4 members (excludes halogenated alkanes) is 2. The zero-order valence-corrected chi connectivity index (χ0v) is 59.1. The topological polar surface area (TPSA) is 202 Å². The fourth-order valence-electron chi connectivity index (χ4n) is 15.2. The number of rotatable bonds is 22. The number of aromatic nitrogens is 9. The van der Waals surface area contributed by atoms with Crippen LogP contribution < -0.4 is 16.0 Å². The Morgan fingerprint density at radius 2 is 0.909 bits per heavy atom. The van der Waals surface area contributed by atoms with Gasteiger partial charge in [0.1, 0.15) is 17.1 Å². The standard InChI is InChI=1S/C29H40N6O.C28H40N6O.C22H27FN4O/c1-33-14-16-34(17-15-33)19-22-4-6-23(7-5-22)27-20-35(24-8-10-25(36)11-9-24)28-26(27)18-31-29(32-28)30-13-12-21-2-3-21;1-3-4-13-29-28-30-18-25-26(20-34(27(25)31-28)23-9-11-24(35)12-10-23)22-7-5-21(6-8-22)19-33-16-14-32(2)15-17-33;1-2-3-12-24-22-25-13-20-21(26-22)19(15-4-10-18(28)11-5-15)14-27(20)17-8-6-16(23)7-9-17/h4-7,18,20-21,24-25,36H,2-3,8-17,19H2,1H3,(H,30,31,32);5-8,18,20,23-24,35H,3-4,9-17,19H2,1-2H3,(H,29,30,31);6-9,13-15,18,28H,2-5,10-12H2,1H3,(H,24,25,26). The molecule has 20 heteroatoms. The monoisotopic (exact) mass is 1350 g/mol. The summed E-state index contributed by atoms with van der Waals surface area (Å²) < 4.78 is 20.1. The van der Waals surface area contributed by atoms with E-state index < -0.39 is 0 Å². The van der Waals surface area contributed by atoms with Gasteiger partial charge in [-0.05, 0) is 174 Å². The maximum absolute atomic E-state index is 13.4. The molecule has 6 aromatic heterocycles. The summed E-state index contributed by atoms with van der Waals surface area (Å²) in [7, 11) is 4.40. The first kappa shape index (κ1) is 70.0. The summed E-state index contributed by atoms with van der Waals surface area (Å²) in [5, 5.41) is 42.4. The molecule has 528 valence electrons. The van der Waals surface area contributed by atoms with Gasteiger partial charge >= 0.3 is 0 Å². The predicted molar refractivity (Wildman–Crippen MR) is 397 cm³/mol. The molecule has 0 unspecified atom stereocenters. The number of benzene rings is 3. The molecule has 9 aromatic rings. The van der Waals surface area contributed by atoms with E-state index in [2.05, 4.69) is 150 Å². The van der Waals surface area contributed by atoms with E-state index in [0.29, 0.717) is 29.9 Å². The number of halogens is 1. The highest BCUT2D eigenvalue weighted by Gasteiger charge is 2.29. The summed E-state index contributed by atoms with van der Waals surface area (Å²) >= 11 is 0. The smallest absolute Gasteiger partial charge is 0.224 e. The number of nitrogens with one attached hydrogen (secondary N) is 3. The number of piperazine rings is 2. The Kier molecular flexibility index (Phi) is 23.6. The Labute approximate surface area is 584 Å². The number of likely N-dealkylation sites (N-methyl/N-ethyl adjacent to an activating group) is 2. The van der Waals surface area contributed by atoms with Gasteiger partial charge in [0.2, 0.25) is 17.8 Å². The van der Waals surface area contributed by atoms with Crippen LogP contribution in [0.1, 0.15) is 171 Å². The lowest BCUT2D eigenvalue weighted by molar-refractivity contribution is 0.111.